The molecular weight excluding hydrogens is 236 g/mol. The van der Waals surface area contributed by atoms with Gasteiger partial charge in [-0.2, -0.15) is 0 Å². The second kappa shape index (κ2) is 6.90. The summed E-state index contributed by atoms with van der Waals surface area (Å²) in [5.74, 6) is 1.44. The third-order valence-electron chi connectivity index (χ3n) is 2.93. The second-order valence-corrected chi connectivity index (χ2v) is 4.52. The largest absolute Gasteiger partial charge is 0.439 e. The van der Waals surface area contributed by atoms with Crippen LogP contribution in [0.25, 0.3) is 0 Å². The highest BCUT2D eigenvalue weighted by Crippen LogP contribution is 2.21. The number of aromatic nitrogens is 1. The summed E-state index contributed by atoms with van der Waals surface area (Å²) in [6.07, 6.45) is 2.92. The number of rotatable bonds is 6. The maximum absolute atomic E-state index is 5.73. The van der Waals surface area contributed by atoms with Crippen LogP contribution in [0, 0.1) is 0 Å². The highest BCUT2D eigenvalue weighted by atomic mass is 16.5. The van der Waals surface area contributed by atoms with E-state index in [0.717, 1.165) is 18.7 Å². The zero-order chi connectivity index (χ0) is 13.5. The smallest absolute Gasteiger partial charge is 0.219 e. The first kappa shape index (κ1) is 13.6. The Labute approximate surface area is 114 Å². The Bertz CT molecular complexity index is 499. The van der Waals surface area contributed by atoms with E-state index in [4.69, 9.17) is 4.74 Å². The van der Waals surface area contributed by atoms with Crippen LogP contribution >= 0.6 is 0 Å². The Morgan fingerprint density at radius 3 is 2.74 bits per heavy atom. The van der Waals surface area contributed by atoms with Crippen molar-refractivity contribution < 1.29 is 4.74 Å². The molecule has 0 radical (unpaired) electrons. The van der Waals surface area contributed by atoms with E-state index in [1.807, 2.05) is 42.5 Å². The Kier molecular flexibility index (Phi) is 4.93. The van der Waals surface area contributed by atoms with Gasteiger partial charge in [0.2, 0.25) is 5.88 Å². The molecule has 1 aromatic heterocycles. The lowest BCUT2D eigenvalue weighted by molar-refractivity contribution is 0.460. The van der Waals surface area contributed by atoms with Gasteiger partial charge in [-0.05, 0) is 43.7 Å². The molecule has 0 aliphatic carbocycles. The van der Waals surface area contributed by atoms with Crippen molar-refractivity contribution in [2.75, 3.05) is 6.54 Å². The summed E-state index contributed by atoms with van der Waals surface area (Å²) in [6.45, 7) is 5.33. The fraction of sp³-hybridized carbons (Fsp3) is 0.312. The van der Waals surface area contributed by atoms with Crippen LogP contribution in [0.2, 0.25) is 0 Å². The van der Waals surface area contributed by atoms with Crippen LogP contribution in [0.5, 0.6) is 11.6 Å². The molecule has 1 heterocycles. The molecular formula is C16H20N2O. The molecule has 0 aliphatic rings. The molecule has 2 aromatic rings. The normalized spacial score (nSPS) is 12.1. The maximum Gasteiger partial charge on any atom is 0.219 e. The molecule has 100 valence electrons. The first-order valence-electron chi connectivity index (χ1n) is 6.72. The molecule has 0 saturated carbocycles. The van der Waals surface area contributed by atoms with E-state index < -0.39 is 0 Å². The molecule has 2 rings (SSSR count). The van der Waals surface area contributed by atoms with E-state index in [1.165, 1.54) is 5.56 Å². The van der Waals surface area contributed by atoms with Crippen molar-refractivity contribution in [3.63, 3.8) is 0 Å². The van der Waals surface area contributed by atoms with E-state index >= 15 is 0 Å². The van der Waals surface area contributed by atoms with E-state index in [9.17, 15) is 0 Å². The van der Waals surface area contributed by atoms with Crippen LogP contribution in [0.4, 0.5) is 0 Å². The first-order chi connectivity index (χ1) is 9.29. The van der Waals surface area contributed by atoms with Gasteiger partial charge in [-0.25, -0.2) is 4.98 Å². The van der Waals surface area contributed by atoms with Gasteiger partial charge in [0.05, 0.1) is 0 Å². The summed E-state index contributed by atoms with van der Waals surface area (Å²) < 4.78 is 5.73. The molecule has 0 bridgehead atoms. The molecule has 3 heteroatoms. The van der Waals surface area contributed by atoms with Gasteiger partial charge < -0.3 is 10.1 Å². The topological polar surface area (TPSA) is 34.2 Å². The minimum absolute atomic E-state index is 0.307. The van der Waals surface area contributed by atoms with Gasteiger partial charge >= 0.3 is 0 Å². The lowest BCUT2D eigenvalue weighted by Gasteiger charge is -2.14. The molecule has 19 heavy (non-hydrogen) atoms. The average Bonchev–Trinajstić information content (AvgIpc) is 2.46. The van der Waals surface area contributed by atoms with E-state index in [1.54, 1.807) is 6.20 Å². The minimum atomic E-state index is 0.307. The molecule has 1 aromatic carbocycles. The summed E-state index contributed by atoms with van der Waals surface area (Å²) in [5, 5.41) is 3.46. The van der Waals surface area contributed by atoms with Crippen molar-refractivity contribution in [1.82, 2.24) is 10.3 Å². The number of ether oxygens (including phenoxy) is 1. The van der Waals surface area contributed by atoms with Gasteiger partial charge in [-0.15, -0.1) is 0 Å². The van der Waals surface area contributed by atoms with Gasteiger partial charge in [-0.1, -0.05) is 25.1 Å². The quantitative estimate of drug-likeness (QED) is 0.850. The van der Waals surface area contributed by atoms with Crippen LogP contribution in [0.1, 0.15) is 31.9 Å². The Morgan fingerprint density at radius 2 is 2.00 bits per heavy atom. The molecule has 0 amide bonds. The average molecular weight is 256 g/mol. The Balaban J connectivity index is 2.06. The van der Waals surface area contributed by atoms with Crippen molar-refractivity contribution in [2.24, 2.45) is 0 Å². The number of pyridine rings is 1. The molecule has 0 saturated heterocycles. The molecule has 0 fully saturated rings. The van der Waals surface area contributed by atoms with E-state index in [-0.39, 0.29) is 0 Å². The van der Waals surface area contributed by atoms with Crippen molar-refractivity contribution in [3.8, 4) is 11.6 Å². The molecule has 1 atom stereocenters. The fourth-order valence-electron chi connectivity index (χ4n) is 1.84. The first-order valence-corrected chi connectivity index (χ1v) is 6.72. The zero-order valence-corrected chi connectivity index (χ0v) is 11.5. The summed E-state index contributed by atoms with van der Waals surface area (Å²) in [5.41, 5.74) is 1.19. The van der Waals surface area contributed by atoms with Crippen molar-refractivity contribution in [1.29, 1.82) is 0 Å². The standard InChI is InChI=1S/C16H20N2O/c1-3-10-17-13(2)14-9-11-18-16(12-14)19-15-7-5-4-6-8-15/h4-9,11-13,17H,3,10H2,1-2H3. The number of nitrogens with one attached hydrogen (secondary N) is 1. The molecule has 1 N–H and O–H groups in total. The van der Waals surface area contributed by atoms with E-state index in [2.05, 4.69) is 24.1 Å². The molecule has 0 spiro atoms. The number of hydrogen-bond acceptors (Lipinski definition) is 3. The Morgan fingerprint density at radius 1 is 1.21 bits per heavy atom. The van der Waals surface area contributed by atoms with Gasteiger partial charge in [0.25, 0.3) is 0 Å². The predicted molar refractivity (Wildman–Crippen MR) is 77.5 cm³/mol. The summed E-state index contributed by atoms with van der Waals surface area (Å²) in [6, 6.07) is 14.0. The zero-order valence-electron chi connectivity index (χ0n) is 11.5. The fourth-order valence-corrected chi connectivity index (χ4v) is 1.84. The van der Waals surface area contributed by atoms with Gasteiger partial charge in [0, 0.05) is 18.3 Å². The lowest BCUT2D eigenvalue weighted by atomic mass is 10.1. The highest BCUT2D eigenvalue weighted by Gasteiger charge is 2.06. The minimum Gasteiger partial charge on any atom is -0.439 e. The van der Waals surface area contributed by atoms with Crippen molar-refractivity contribution in [3.05, 3.63) is 54.2 Å². The molecule has 3 nitrogen and oxygen atoms in total. The van der Waals surface area contributed by atoms with Gasteiger partial charge in [-0.3, -0.25) is 0 Å². The van der Waals surface area contributed by atoms with E-state index in [0.29, 0.717) is 11.9 Å². The number of benzene rings is 1. The predicted octanol–water partition coefficient (Wildman–Crippen LogP) is 3.93. The number of nitrogens with zero attached hydrogens (tertiary/aromatic N) is 1. The summed E-state index contributed by atoms with van der Waals surface area (Å²) in [7, 11) is 0. The third-order valence-corrected chi connectivity index (χ3v) is 2.93. The van der Waals surface area contributed by atoms with Crippen LogP contribution in [-0.2, 0) is 0 Å². The number of para-hydroxylation sites is 1. The van der Waals surface area contributed by atoms with Crippen LogP contribution in [-0.4, -0.2) is 11.5 Å². The maximum atomic E-state index is 5.73. The van der Waals surface area contributed by atoms with Crippen LogP contribution in [0.15, 0.2) is 48.7 Å². The molecule has 1 unspecified atom stereocenters. The Hall–Kier alpha value is -1.87. The van der Waals surface area contributed by atoms with Crippen molar-refractivity contribution >= 4 is 0 Å². The monoisotopic (exact) mass is 256 g/mol. The summed E-state index contributed by atoms with van der Waals surface area (Å²) >= 11 is 0. The SMILES string of the molecule is CCCNC(C)c1ccnc(Oc2ccccc2)c1. The van der Waals surface area contributed by atoms with Gasteiger partial charge in [0.15, 0.2) is 0 Å². The number of hydrogen-bond donors (Lipinski definition) is 1. The highest BCUT2D eigenvalue weighted by molar-refractivity contribution is 5.29. The second-order valence-electron chi connectivity index (χ2n) is 4.52. The van der Waals surface area contributed by atoms with Crippen molar-refractivity contribution in [2.45, 2.75) is 26.3 Å². The van der Waals surface area contributed by atoms with Crippen LogP contribution in [0.3, 0.4) is 0 Å². The summed E-state index contributed by atoms with van der Waals surface area (Å²) in [4.78, 5) is 4.25. The molecule has 0 aliphatic heterocycles. The lowest BCUT2D eigenvalue weighted by Crippen LogP contribution is -2.19. The van der Waals surface area contributed by atoms with Gasteiger partial charge in [0.1, 0.15) is 5.75 Å². The third kappa shape index (κ3) is 4.07. The van der Waals surface area contributed by atoms with Crippen LogP contribution < -0.4 is 10.1 Å².